The average molecular weight is 342 g/mol. The number of fused-ring (bicyclic) bond motifs is 1. The summed E-state index contributed by atoms with van der Waals surface area (Å²) >= 11 is 0. The summed E-state index contributed by atoms with van der Waals surface area (Å²) in [6.07, 6.45) is 0.831. The van der Waals surface area contributed by atoms with Gasteiger partial charge in [-0.15, -0.1) is 0 Å². The first-order valence-electron chi connectivity index (χ1n) is 8.61. The molecule has 0 N–H and O–H groups in total. The SMILES string of the molecule is Cc1nc2ccccc2n1CCC(=O)N1CC[C@]2(CN(C)C(=O)O2)C1. The summed E-state index contributed by atoms with van der Waals surface area (Å²) in [5, 5.41) is 0. The lowest BCUT2D eigenvalue weighted by Gasteiger charge is -2.22. The lowest BCUT2D eigenvalue weighted by Crippen LogP contribution is -2.39. The number of aryl methyl sites for hydroxylation is 2. The molecule has 1 aromatic heterocycles. The first kappa shape index (κ1) is 15.9. The normalized spacial score (nSPS) is 23.0. The molecule has 2 aromatic rings. The van der Waals surface area contributed by atoms with Crippen molar-refractivity contribution in [3.05, 3.63) is 30.1 Å². The van der Waals surface area contributed by atoms with Gasteiger partial charge in [-0.25, -0.2) is 9.78 Å². The molecule has 2 aliphatic heterocycles. The van der Waals surface area contributed by atoms with Crippen molar-refractivity contribution in [3.63, 3.8) is 0 Å². The molecule has 1 atom stereocenters. The summed E-state index contributed by atoms with van der Waals surface area (Å²) in [5.41, 5.74) is 1.49. The monoisotopic (exact) mass is 342 g/mol. The van der Waals surface area contributed by atoms with E-state index in [4.69, 9.17) is 4.74 Å². The van der Waals surface area contributed by atoms with Gasteiger partial charge in [0.1, 0.15) is 5.82 Å². The maximum Gasteiger partial charge on any atom is 0.410 e. The molecule has 1 aromatic carbocycles. The Balaban J connectivity index is 1.41. The van der Waals surface area contributed by atoms with Gasteiger partial charge in [-0.3, -0.25) is 4.79 Å². The third-order valence-electron chi connectivity index (χ3n) is 5.20. The van der Waals surface area contributed by atoms with E-state index in [0.29, 0.717) is 39.0 Å². The van der Waals surface area contributed by atoms with E-state index in [0.717, 1.165) is 16.9 Å². The molecule has 2 aliphatic rings. The zero-order chi connectivity index (χ0) is 17.6. The van der Waals surface area contributed by atoms with E-state index in [2.05, 4.69) is 9.55 Å². The first-order chi connectivity index (χ1) is 12.0. The molecule has 2 saturated heterocycles. The Morgan fingerprint density at radius 2 is 2.12 bits per heavy atom. The molecule has 0 radical (unpaired) electrons. The smallest absolute Gasteiger partial charge is 0.410 e. The van der Waals surface area contributed by atoms with Crippen LogP contribution >= 0.6 is 0 Å². The van der Waals surface area contributed by atoms with Gasteiger partial charge in [0, 0.05) is 33.0 Å². The second-order valence-corrected chi connectivity index (χ2v) is 7.02. The molecule has 0 unspecified atom stereocenters. The summed E-state index contributed by atoms with van der Waals surface area (Å²) in [4.78, 5) is 32.2. The molecule has 7 heteroatoms. The molecule has 132 valence electrons. The van der Waals surface area contributed by atoms with E-state index in [1.54, 1.807) is 11.9 Å². The minimum Gasteiger partial charge on any atom is -0.439 e. The van der Waals surface area contributed by atoms with Crippen LogP contribution in [0.3, 0.4) is 0 Å². The highest BCUT2D eigenvalue weighted by atomic mass is 16.6. The van der Waals surface area contributed by atoms with Crippen molar-refractivity contribution in [1.82, 2.24) is 19.4 Å². The molecule has 1 spiro atoms. The van der Waals surface area contributed by atoms with E-state index in [1.165, 1.54) is 0 Å². The van der Waals surface area contributed by atoms with Crippen molar-refractivity contribution >= 4 is 23.0 Å². The van der Waals surface area contributed by atoms with Crippen molar-refractivity contribution < 1.29 is 14.3 Å². The number of nitrogens with zero attached hydrogens (tertiary/aromatic N) is 4. The number of rotatable bonds is 3. The highest BCUT2D eigenvalue weighted by molar-refractivity contribution is 5.79. The second-order valence-electron chi connectivity index (χ2n) is 7.02. The lowest BCUT2D eigenvalue weighted by atomic mass is 10.0. The minimum atomic E-state index is -0.515. The van der Waals surface area contributed by atoms with Crippen molar-refractivity contribution in [2.45, 2.75) is 31.9 Å². The van der Waals surface area contributed by atoms with E-state index in [9.17, 15) is 9.59 Å². The van der Waals surface area contributed by atoms with E-state index >= 15 is 0 Å². The summed E-state index contributed by atoms with van der Waals surface area (Å²) in [6, 6.07) is 7.96. The zero-order valence-electron chi connectivity index (χ0n) is 14.6. The molecule has 2 fully saturated rings. The second kappa shape index (κ2) is 5.75. The summed E-state index contributed by atoms with van der Waals surface area (Å²) in [7, 11) is 1.73. The van der Waals surface area contributed by atoms with Crippen LogP contribution in [0.2, 0.25) is 0 Å². The summed E-state index contributed by atoms with van der Waals surface area (Å²) in [5.74, 6) is 1.01. The Labute approximate surface area is 146 Å². The topological polar surface area (TPSA) is 67.7 Å². The third-order valence-corrected chi connectivity index (χ3v) is 5.20. The predicted molar refractivity (Wildman–Crippen MR) is 92.1 cm³/mol. The molecule has 0 bridgehead atoms. The number of imidazole rings is 1. The van der Waals surface area contributed by atoms with Gasteiger partial charge in [0.05, 0.1) is 24.1 Å². The average Bonchev–Trinajstić information content (AvgIpc) is 3.21. The van der Waals surface area contributed by atoms with E-state index < -0.39 is 5.60 Å². The van der Waals surface area contributed by atoms with Crippen molar-refractivity contribution in [2.75, 3.05) is 26.7 Å². The minimum absolute atomic E-state index is 0.0969. The highest BCUT2D eigenvalue weighted by Crippen LogP contribution is 2.32. The number of ether oxygens (including phenoxy) is 1. The van der Waals surface area contributed by atoms with Gasteiger partial charge in [0.25, 0.3) is 0 Å². The molecule has 2 amide bonds. The number of carbonyl (C=O) groups is 2. The zero-order valence-corrected chi connectivity index (χ0v) is 14.6. The van der Waals surface area contributed by atoms with Crippen LogP contribution in [0.4, 0.5) is 4.79 Å². The molecular formula is C18H22N4O3. The largest absolute Gasteiger partial charge is 0.439 e. The van der Waals surface area contributed by atoms with Crippen LogP contribution in [0.15, 0.2) is 24.3 Å². The van der Waals surface area contributed by atoms with Gasteiger partial charge in [-0.2, -0.15) is 0 Å². The number of hydrogen-bond donors (Lipinski definition) is 0. The number of likely N-dealkylation sites (N-methyl/N-ethyl adjacent to an activating group) is 1. The fourth-order valence-electron chi connectivity index (χ4n) is 3.91. The molecule has 4 rings (SSSR count). The number of aromatic nitrogens is 2. The third kappa shape index (κ3) is 2.73. The molecule has 3 heterocycles. The van der Waals surface area contributed by atoms with Crippen LogP contribution in [0.1, 0.15) is 18.7 Å². The first-order valence-corrected chi connectivity index (χ1v) is 8.61. The highest BCUT2D eigenvalue weighted by Gasteiger charge is 2.49. The van der Waals surface area contributed by atoms with Crippen LogP contribution in [-0.4, -0.2) is 63.6 Å². The number of para-hydroxylation sites is 2. The Morgan fingerprint density at radius 1 is 1.32 bits per heavy atom. The van der Waals surface area contributed by atoms with Gasteiger partial charge < -0.3 is 19.1 Å². The Kier molecular flexibility index (Phi) is 3.67. The molecule has 7 nitrogen and oxygen atoms in total. The van der Waals surface area contributed by atoms with Crippen molar-refractivity contribution in [3.8, 4) is 0 Å². The summed E-state index contributed by atoms with van der Waals surface area (Å²) < 4.78 is 7.59. The number of hydrogen-bond acceptors (Lipinski definition) is 4. The van der Waals surface area contributed by atoms with Gasteiger partial charge in [-0.05, 0) is 19.1 Å². The fraction of sp³-hybridized carbons (Fsp3) is 0.500. The fourth-order valence-corrected chi connectivity index (χ4v) is 3.91. The van der Waals surface area contributed by atoms with E-state index in [1.807, 2.05) is 36.1 Å². The maximum atomic E-state index is 12.6. The number of carbonyl (C=O) groups excluding carboxylic acids is 2. The van der Waals surface area contributed by atoms with Crippen molar-refractivity contribution in [2.24, 2.45) is 0 Å². The lowest BCUT2D eigenvalue weighted by molar-refractivity contribution is -0.131. The molecule has 25 heavy (non-hydrogen) atoms. The number of amides is 2. The van der Waals surface area contributed by atoms with E-state index in [-0.39, 0.29) is 12.0 Å². The van der Waals surface area contributed by atoms with Crippen LogP contribution in [0.25, 0.3) is 11.0 Å². The van der Waals surface area contributed by atoms with Gasteiger partial charge in [-0.1, -0.05) is 12.1 Å². The van der Waals surface area contributed by atoms with Crippen LogP contribution in [0.5, 0.6) is 0 Å². The Bertz CT molecular complexity index is 846. The van der Waals surface area contributed by atoms with Crippen LogP contribution in [0, 0.1) is 6.92 Å². The predicted octanol–water partition coefficient (Wildman–Crippen LogP) is 1.79. The molecule has 0 aliphatic carbocycles. The van der Waals surface area contributed by atoms with Gasteiger partial charge >= 0.3 is 6.09 Å². The number of benzene rings is 1. The van der Waals surface area contributed by atoms with Gasteiger partial charge in [0.2, 0.25) is 5.91 Å². The number of likely N-dealkylation sites (tertiary alicyclic amines) is 1. The van der Waals surface area contributed by atoms with Crippen LogP contribution in [-0.2, 0) is 16.1 Å². The van der Waals surface area contributed by atoms with Crippen LogP contribution < -0.4 is 0 Å². The molecule has 0 saturated carbocycles. The van der Waals surface area contributed by atoms with Gasteiger partial charge in [0.15, 0.2) is 5.60 Å². The van der Waals surface area contributed by atoms with Crippen molar-refractivity contribution in [1.29, 1.82) is 0 Å². The molecular weight excluding hydrogens is 320 g/mol. The standard InChI is InChI=1S/C18H22N4O3/c1-13-19-14-5-3-4-6-15(14)22(13)9-7-16(23)21-10-8-18(12-21)11-20(2)17(24)25-18/h3-6H,7-12H2,1-2H3/t18-/m0/s1. The Hall–Kier alpha value is -2.57. The quantitative estimate of drug-likeness (QED) is 0.853. The Morgan fingerprint density at radius 3 is 2.88 bits per heavy atom. The maximum absolute atomic E-state index is 12.6. The summed E-state index contributed by atoms with van der Waals surface area (Å²) in [6.45, 7) is 4.26.